The molecule has 0 spiro atoms. The number of hydrogen-bond donors (Lipinski definition) is 1. The molecule has 1 amide bonds. The van der Waals surface area contributed by atoms with Gasteiger partial charge in [-0.1, -0.05) is 60.2 Å². The van der Waals surface area contributed by atoms with Crippen LogP contribution in [-0.4, -0.2) is 12.5 Å². The molecule has 29 heavy (non-hydrogen) atoms. The highest BCUT2D eigenvalue weighted by Gasteiger charge is 2.08. The molecule has 0 aliphatic rings. The summed E-state index contributed by atoms with van der Waals surface area (Å²) in [5.74, 6) is 0.306. The first-order valence-corrected chi connectivity index (χ1v) is 9.32. The Morgan fingerprint density at radius 1 is 1.00 bits per heavy atom. The number of benzene rings is 3. The number of nitrogens with one attached hydrogen (secondary N) is 1. The number of amides is 1. The van der Waals surface area contributed by atoms with Crippen molar-refractivity contribution in [2.75, 3.05) is 11.9 Å². The molecule has 4 heteroatoms. The number of allylic oxidation sites excluding steroid dienone is 1. The number of carbonyl (C=O) groups is 1. The van der Waals surface area contributed by atoms with Gasteiger partial charge < -0.3 is 10.1 Å². The molecule has 144 valence electrons. The smallest absolute Gasteiger partial charge is 0.262 e. The second-order valence-corrected chi connectivity index (χ2v) is 6.78. The molecule has 3 rings (SSSR count). The Balaban J connectivity index is 1.74. The molecule has 0 aliphatic heterocycles. The van der Waals surface area contributed by atoms with E-state index in [-0.39, 0.29) is 12.5 Å². The molecule has 3 aromatic rings. The summed E-state index contributed by atoms with van der Waals surface area (Å²) in [5, 5.41) is 12.4. The predicted molar refractivity (Wildman–Crippen MR) is 116 cm³/mol. The van der Waals surface area contributed by atoms with Crippen LogP contribution in [0.5, 0.6) is 5.75 Å². The summed E-state index contributed by atoms with van der Waals surface area (Å²) in [6.07, 6.45) is 1.78. The summed E-state index contributed by atoms with van der Waals surface area (Å²) in [6, 6.07) is 25.0. The Hall–Kier alpha value is -3.84. The van der Waals surface area contributed by atoms with Crippen LogP contribution in [0.1, 0.15) is 22.3 Å². The van der Waals surface area contributed by atoms with Crippen molar-refractivity contribution in [3.8, 4) is 11.8 Å². The number of rotatable bonds is 6. The number of carbonyl (C=O) groups excluding carboxylic acids is 1. The highest BCUT2D eigenvalue weighted by molar-refractivity contribution is 5.92. The summed E-state index contributed by atoms with van der Waals surface area (Å²) in [5.41, 5.74) is 5.05. The number of nitriles is 1. The topological polar surface area (TPSA) is 62.1 Å². The lowest BCUT2D eigenvalue weighted by Crippen LogP contribution is -2.20. The summed E-state index contributed by atoms with van der Waals surface area (Å²) in [4.78, 5) is 12.2. The molecular weight excluding hydrogens is 360 g/mol. The Morgan fingerprint density at radius 2 is 1.76 bits per heavy atom. The predicted octanol–water partition coefficient (Wildman–Crippen LogP) is 5.39. The minimum atomic E-state index is -0.242. The van der Waals surface area contributed by atoms with Gasteiger partial charge in [-0.05, 0) is 49.2 Å². The summed E-state index contributed by atoms with van der Waals surface area (Å²) in [7, 11) is 0. The Bertz CT molecular complexity index is 1080. The molecule has 0 bridgehead atoms. The van der Waals surface area contributed by atoms with E-state index in [0.29, 0.717) is 11.3 Å². The number of ether oxygens (including phenoxy) is 1. The van der Waals surface area contributed by atoms with Gasteiger partial charge in [-0.15, -0.1) is 0 Å². The SMILES string of the molecule is Cc1ccc(/C(C#N)=C/c2ccccc2OCC(=O)Nc2cccc(C)c2)cc1. The normalized spacial score (nSPS) is 10.9. The first-order valence-electron chi connectivity index (χ1n) is 9.32. The third kappa shape index (κ3) is 5.57. The van der Waals surface area contributed by atoms with E-state index in [9.17, 15) is 10.1 Å². The fourth-order valence-corrected chi connectivity index (χ4v) is 2.86. The van der Waals surface area contributed by atoms with Gasteiger partial charge in [0.15, 0.2) is 6.61 Å². The quantitative estimate of drug-likeness (QED) is 0.459. The van der Waals surface area contributed by atoms with E-state index in [2.05, 4.69) is 11.4 Å². The number of anilines is 1. The Morgan fingerprint density at radius 3 is 2.48 bits per heavy atom. The molecule has 4 nitrogen and oxygen atoms in total. The second kappa shape index (κ2) is 9.38. The van der Waals surface area contributed by atoms with Gasteiger partial charge in [-0.2, -0.15) is 5.26 Å². The van der Waals surface area contributed by atoms with Crippen molar-refractivity contribution in [1.82, 2.24) is 0 Å². The van der Waals surface area contributed by atoms with E-state index in [0.717, 1.165) is 27.9 Å². The maximum absolute atomic E-state index is 12.2. The van der Waals surface area contributed by atoms with E-state index in [1.807, 2.05) is 80.6 Å². The number of hydrogen-bond acceptors (Lipinski definition) is 3. The van der Waals surface area contributed by atoms with Gasteiger partial charge in [0.05, 0.1) is 11.6 Å². The molecule has 0 unspecified atom stereocenters. The van der Waals surface area contributed by atoms with Gasteiger partial charge in [0.2, 0.25) is 0 Å². The van der Waals surface area contributed by atoms with E-state index >= 15 is 0 Å². The largest absolute Gasteiger partial charge is 0.483 e. The standard InChI is InChI=1S/C25H22N2O2/c1-18-10-12-20(13-11-18)22(16-26)15-21-7-3-4-9-24(21)29-17-25(28)27-23-8-5-6-19(2)14-23/h3-15H,17H2,1-2H3,(H,27,28)/b22-15+. The Labute approximate surface area is 171 Å². The van der Waals surface area contributed by atoms with Crippen LogP contribution in [-0.2, 0) is 4.79 Å². The van der Waals surface area contributed by atoms with Gasteiger partial charge in [0.1, 0.15) is 5.75 Å². The van der Waals surface area contributed by atoms with Gasteiger partial charge in [-0.25, -0.2) is 0 Å². The number of para-hydroxylation sites is 1. The molecule has 1 N–H and O–H groups in total. The zero-order valence-corrected chi connectivity index (χ0v) is 16.5. The number of aryl methyl sites for hydroxylation is 2. The molecule has 0 atom stereocenters. The molecule has 0 aliphatic carbocycles. The monoisotopic (exact) mass is 382 g/mol. The first-order chi connectivity index (χ1) is 14.0. The lowest BCUT2D eigenvalue weighted by Gasteiger charge is -2.10. The van der Waals surface area contributed by atoms with E-state index in [1.54, 1.807) is 12.1 Å². The fraction of sp³-hybridized carbons (Fsp3) is 0.120. The lowest BCUT2D eigenvalue weighted by atomic mass is 10.0. The van der Waals surface area contributed by atoms with Crippen LogP contribution in [0.3, 0.4) is 0 Å². The molecule has 0 saturated heterocycles. The van der Waals surface area contributed by atoms with E-state index in [4.69, 9.17) is 4.74 Å². The van der Waals surface area contributed by atoms with Gasteiger partial charge >= 0.3 is 0 Å². The molecular formula is C25H22N2O2. The highest BCUT2D eigenvalue weighted by Crippen LogP contribution is 2.25. The van der Waals surface area contributed by atoms with Crippen molar-refractivity contribution in [3.63, 3.8) is 0 Å². The zero-order chi connectivity index (χ0) is 20.6. The molecule has 0 aromatic heterocycles. The zero-order valence-electron chi connectivity index (χ0n) is 16.5. The maximum Gasteiger partial charge on any atom is 0.262 e. The molecule has 0 heterocycles. The van der Waals surface area contributed by atoms with Crippen LogP contribution in [0.2, 0.25) is 0 Å². The van der Waals surface area contributed by atoms with Crippen LogP contribution >= 0.6 is 0 Å². The van der Waals surface area contributed by atoms with Crippen LogP contribution in [0.15, 0.2) is 72.8 Å². The average Bonchev–Trinajstić information content (AvgIpc) is 2.72. The lowest BCUT2D eigenvalue weighted by molar-refractivity contribution is -0.118. The van der Waals surface area contributed by atoms with Crippen molar-refractivity contribution in [1.29, 1.82) is 5.26 Å². The van der Waals surface area contributed by atoms with Crippen molar-refractivity contribution in [2.24, 2.45) is 0 Å². The van der Waals surface area contributed by atoms with E-state index in [1.165, 1.54) is 0 Å². The minimum Gasteiger partial charge on any atom is -0.483 e. The third-order valence-corrected chi connectivity index (χ3v) is 4.36. The van der Waals surface area contributed by atoms with Crippen LogP contribution < -0.4 is 10.1 Å². The average molecular weight is 382 g/mol. The fourth-order valence-electron chi connectivity index (χ4n) is 2.86. The van der Waals surface area contributed by atoms with Crippen LogP contribution in [0, 0.1) is 25.2 Å². The maximum atomic E-state index is 12.2. The van der Waals surface area contributed by atoms with Crippen molar-refractivity contribution in [3.05, 3.63) is 95.1 Å². The van der Waals surface area contributed by atoms with Gasteiger partial charge in [-0.3, -0.25) is 4.79 Å². The number of nitrogens with zero attached hydrogens (tertiary/aromatic N) is 1. The summed E-state index contributed by atoms with van der Waals surface area (Å²) < 4.78 is 5.74. The molecule has 0 fully saturated rings. The third-order valence-electron chi connectivity index (χ3n) is 4.36. The Kier molecular flexibility index (Phi) is 6.44. The van der Waals surface area contributed by atoms with Crippen molar-refractivity contribution >= 4 is 23.2 Å². The second-order valence-electron chi connectivity index (χ2n) is 6.78. The molecule has 0 radical (unpaired) electrons. The highest BCUT2D eigenvalue weighted by atomic mass is 16.5. The molecule has 0 saturated carbocycles. The first kappa shape index (κ1) is 19.9. The summed E-state index contributed by atoms with van der Waals surface area (Å²) in [6.45, 7) is 3.85. The van der Waals surface area contributed by atoms with Gasteiger partial charge in [0.25, 0.3) is 5.91 Å². The van der Waals surface area contributed by atoms with Crippen LogP contribution in [0.25, 0.3) is 11.6 Å². The summed E-state index contributed by atoms with van der Waals surface area (Å²) >= 11 is 0. The van der Waals surface area contributed by atoms with Gasteiger partial charge in [0, 0.05) is 11.3 Å². The van der Waals surface area contributed by atoms with E-state index < -0.39 is 0 Å². The van der Waals surface area contributed by atoms with Crippen molar-refractivity contribution < 1.29 is 9.53 Å². The molecule has 3 aromatic carbocycles. The van der Waals surface area contributed by atoms with Crippen LogP contribution in [0.4, 0.5) is 5.69 Å². The minimum absolute atomic E-state index is 0.120. The van der Waals surface area contributed by atoms with Crippen molar-refractivity contribution in [2.45, 2.75) is 13.8 Å².